The number of hydrogen-bond acceptors (Lipinski definition) is 2. The molecular weight excluding hydrogens is 194 g/mol. The van der Waals surface area contributed by atoms with Gasteiger partial charge in [-0.3, -0.25) is 9.59 Å². The van der Waals surface area contributed by atoms with Gasteiger partial charge in [-0.15, -0.1) is 0 Å². The maximum atomic E-state index is 11.8. The van der Waals surface area contributed by atoms with Gasteiger partial charge >= 0.3 is 5.97 Å². The number of piperidine rings is 1. The lowest BCUT2D eigenvalue weighted by atomic mass is 9.84. The minimum atomic E-state index is -1.04. The van der Waals surface area contributed by atoms with Gasteiger partial charge in [0.1, 0.15) is 5.92 Å². The molecule has 0 aromatic heterocycles. The Morgan fingerprint density at radius 2 is 2.00 bits per heavy atom. The summed E-state index contributed by atoms with van der Waals surface area (Å²) in [6.07, 6.45) is 2.06. The maximum Gasteiger partial charge on any atom is 0.315 e. The second-order valence-electron chi connectivity index (χ2n) is 5.09. The Balaban J connectivity index is 2.64. The summed E-state index contributed by atoms with van der Waals surface area (Å²) in [6.45, 7) is 7.03. The van der Waals surface area contributed by atoms with Crippen LogP contribution in [0.25, 0.3) is 0 Å². The molecule has 1 fully saturated rings. The summed E-state index contributed by atoms with van der Waals surface area (Å²) in [5.41, 5.74) is 0.117. The third kappa shape index (κ3) is 2.94. The molecule has 1 N–H and O–H groups in total. The van der Waals surface area contributed by atoms with E-state index in [1.54, 1.807) is 4.90 Å². The van der Waals surface area contributed by atoms with E-state index in [9.17, 15) is 9.59 Å². The van der Waals surface area contributed by atoms with Crippen molar-refractivity contribution in [3.8, 4) is 0 Å². The number of carbonyl (C=O) groups excluding carboxylic acids is 1. The summed E-state index contributed by atoms with van der Waals surface area (Å²) >= 11 is 0. The van der Waals surface area contributed by atoms with Gasteiger partial charge in [-0.2, -0.15) is 0 Å². The maximum absolute atomic E-state index is 11.8. The predicted molar refractivity (Wildman–Crippen MR) is 56.4 cm³/mol. The van der Waals surface area contributed by atoms with Gasteiger partial charge < -0.3 is 10.0 Å². The summed E-state index contributed by atoms with van der Waals surface area (Å²) in [5, 5.41) is 8.77. The zero-order valence-corrected chi connectivity index (χ0v) is 9.62. The molecule has 1 aliphatic heterocycles. The van der Waals surface area contributed by atoms with Crippen LogP contribution < -0.4 is 0 Å². The molecule has 4 heteroatoms. The van der Waals surface area contributed by atoms with E-state index in [0.717, 1.165) is 12.8 Å². The molecule has 0 aromatic carbocycles. The number of carbonyl (C=O) groups is 2. The van der Waals surface area contributed by atoms with Crippen molar-refractivity contribution in [2.45, 2.75) is 33.6 Å². The van der Waals surface area contributed by atoms with E-state index in [4.69, 9.17) is 5.11 Å². The van der Waals surface area contributed by atoms with E-state index >= 15 is 0 Å². The van der Waals surface area contributed by atoms with Crippen LogP contribution >= 0.6 is 0 Å². The summed E-state index contributed by atoms with van der Waals surface area (Å²) in [6, 6.07) is 0. The second kappa shape index (κ2) is 4.21. The van der Waals surface area contributed by atoms with Crippen molar-refractivity contribution >= 4 is 11.9 Å². The van der Waals surface area contributed by atoms with Crippen molar-refractivity contribution in [1.82, 2.24) is 4.90 Å². The minimum absolute atomic E-state index is 0.117. The van der Waals surface area contributed by atoms with Crippen LogP contribution in [-0.2, 0) is 9.59 Å². The molecule has 1 aliphatic rings. The quantitative estimate of drug-likeness (QED) is 0.704. The van der Waals surface area contributed by atoms with Gasteiger partial charge in [-0.25, -0.2) is 0 Å². The van der Waals surface area contributed by atoms with E-state index in [0.29, 0.717) is 13.1 Å². The average molecular weight is 213 g/mol. The minimum Gasteiger partial charge on any atom is -0.481 e. The lowest BCUT2D eigenvalue weighted by molar-refractivity contribution is -0.151. The van der Waals surface area contributed by atoms with E-state index in [1.165, 1.54) is 6.92 Å². The number of carboxylic acid groups (broad SMARTS) is 1. The topological polar surface area (TPSA) is 57.6 Å². The fraction of sp³-hybridized carbons (Fsp3) is 0.818. The van der Waals surface area contributed by atoms with E-state index in [-0.39, 0.29) is 11.3 Å². The third-order valence-electron chi connectivity index (χ3n) is 2.95. The zero-order valence-electron chi connectivity index (χ0n) is 9.62. The Hall–Kier alpha value is -1.06. The van der Waals surface area contributed by atoms with Crippen LogP contribution in [-0.4, -0.2) is 35.0 Å². The lowest BCUT2D eigenvalue weighted by Crippen LogP contribution is -2.46. The van der Waals surface area contributed by atoms with Crippen molar-refractivity contribution < 1.29 is 14.7 Å². The smallest absolute Gasteiger partial charge is 0.315 e. The van der Waals surface area contributed by atoms with Crippen LogP contribution in [0.3, 0.4) is 0 Å². The first-order chi connectivity index (χ1) is 6.83. The van der Waals surface area contributed by atoms with E-state index < -0.39 is 11.9 Å². The molecular formula is C11H19NO3. The molecule has 1 amide bonds. The molecule has 86 valence electrons. The number of hydrogen-bond donors (Lipinski definition) is 1. The predicted octanol–water partition coefficient (Wildman–Crippen LogP) is 1.36. The fourth-order valence-electron chi connectivity index (χ4n) is 1.99. The lowest BCUT2D eigenvalue weighted by Gasteiger charge is -2.38. The second-order valence-corrected chi connectivity index (χ2v) is 5.09. The highest BCUT2D eigenvalue weighted by Gasteiger charge is 2.33. The van der Waals surface area contributed by atoms with Crippen molar-refractivity contribution in [3.05, 3.63) is 0 Å². The first-order valence-corrected chi connectivity index (χ1v) is 5.35. The highest BCUT2D eigenvalue weighted by molar-refractivity contribution is 5.96. The monoisotopic (exact) mass is 213 g/mol. The standard InChI is InChI=1S/C11H19NO3/c1-8(10(14)15)9(13)12-6-4-5-11(2,3)7-12/h8H,4-7H2,1-3H3,(H,14,15). The van der Waals surface area contributed by atoms with Gasteiger partial charge in [0.25, 0.3) is 0 Å². The molecule has 0 radical (unpaired) electrons. The molecule has 1 unspecified atom stereocenters. The molecule has 4 nitrogen and oxygen atoms in total. The largest absolute Gasteiger partial charge is 0.481 e. The van der Waals surface area contributed by atoms with Crippen LogP contribution in [0.15, 0.2) is 0 Å². The Morgan fingerprint density at radius 3 is 2.47 bits per heavy atom. The number of aliphatic carboxylic acids is 1. The number of likely N-dealkylation sites (tertiary alicyclic amines) is 1. The molecule has 0 aromatic rings. The van der Waals surface area contributed by atoms with Gasteiger partial charge in [-0.1, -0.05) is 13.8 Å². The van der Waals surface area contributed by atoms with Crippen LogP contribution in [0.5, 0.6) is 0 Å². The Labute approximate surface area is 90.3 Å². The first-order valence-electron chi connectivity index (χ1n) is 5.35. The number of rotatable bonds is 2. The first kappa shape index (κ1) is 12.0. The number of amides is 1. The van der Waals surface area contributed by atoms with Crippen LogP contribution in [0.2, 0.25) is 0 Å². The summed E-state index contributed by atoms with van der Waals surface area (Å²) < 4.78 is 0. The molecule has 1 heterocycles. The van der Waals surface area contributed by atoms with Gasteiger partial charge in [0.15, 0.2) is 0 Å². The summed E-state index contributed by atoms with van der Waals surface area (Å²) in [7, 11) is 0. The fourth-order valence-corrected chi connectivity index (χ4v) is 1.99. The van der Waals surface area contributed by atoms with Gasteiger partial charge in [-0.05, 0) is 25.2 Å². The third-order valence-corrected chi connectivity index (χ3v) is 2.95. The summed E-state index contributed by atoms with van der Waals surface area (Å²) in [4.78, 5) is 24.2. The van der Waals surface area contributed by atoms with Gasteiger partial charge in [0, 0.05) is 13.1 Å². The van der Waals surface area contributed by atoms with Crippen LogP contribution in [0.4, 0.5) is 0 Å². The molecule has 0 aliphatic carbocycles. The highest BCUT2D eigenvalue weighted by atomic mass is 16.4. The highest BCUT2D eigenvalue weighted by Crippen LogP contribution is 2.29. The Bertz CT molecular complexity index is 273. The zero-order chi connectivity index (χ0) is 11.6. The number of carboxylic acids is 1. The van der Waals surface area contributed by atoms with Crippen LogP contribution in [0, 0.1) is 11.3 Å². The van der Waals surface area contributed by atoms with Gasteiger partial charge in [0.05, 0.1) is 0 Å². The Kier molecular flexibility index (Phi) is 3.37. The molecule has 1 rings (SSSR count). The van der Waals surface area contributed by atoms with Crippen molar-refractivity contribution in [2.24, 2.45) is 11.3 Å². The Morgan fingerprint density at radius 1 is 1.40 bits per heavy atom. The average Bonchev–Trinajstić information content (AvgIpc) is 2.13. The van der Waals surface area contributed by atoms with Crippen molar-refractivity contribution in [1.29, 1.82) is 0 Å². The normalized spacial score (nSPS) is 22.2. The molecule has 1 atom stereocenters. The van der Waals surface area contributed by atoms with Gasteiger partial charge in [0.2, 0.25) is 5.91 Å². The molecule has 0 bridgehead atoms. The molecule has 15 heavy (non-hydrogen) atoms. The van der Waals surface area contributed by atoms with Crippen molar-refractivity contribution in [3.63, 3.8) is 0 Å². The molecule has 0 spiro atoms. The molecule has 0 saturated carbocycles. The molecule has 1 saturated heterocycles. The van der Waals surface area contributed by atoms with Crippen LogP contribution in [0.1, 0.15) is 33.6 Å². The van der Waals surface area contributed by atoms with Crippen molar-refractivity contribution in [2.75, 3.05) is 13.1 Å². The van der Waals surface area contributed by atoms with E-state index in [2.05, 4.69) is 13.8 Å². The SMILES string of the molecule is CC(C(=O)O)C(=O)N1CCCC(C)(C)C1. The summed E-state index contributed by atoms with van der Waals surface area (Å²) in [5.74, 6) is -2.21. The van der Waals surface area contributed by atoms with E-state index in [1.807, 2.05) is 0 Å². The number of nitrogens with zero attached hydrogens (tertiary/aromatic N) is 1.